The highest BCUT2D eigenvalue weighted by atomic mass is 35.5. The molecule has 6 heteroatoms. The van der Waals surface area contributed by atoms with Crippen LogP contribution in [0.25, 0.3) is 5.82 Å². The number of aromatic nitrogens is 3. The topological polar surface area (TPSA) is 59.8 Å². The summed E-state index contributed by atoms with van der Waals surface area (Å²) in [5.41, 5.74) is 0.578. The lowest BCUT2D eigenvalue weighted by Crippen LogP contribution is -2.21. The molecule has 0 saturated carbocycles. The molecule has 0 bridgehead atoms. The molecule has 5 nitrogen and oxygen atoms in total. The van der Waals surface area contributed by atoms with E-state index in [9.17, 15) is 4.79 Å². The minimum atomic E-state index is -0.597. The summed E-state index contributed by atoms with van der Waals surface area (Å²) in [6.45, 7) is 1.61. The average molecular weight is 251 g/mol. The second-order valence-electron chi connectivity index (χ2n) is 3.43. The second-order valence-corrected chi connectivity index (χ2v) is 4.09. The van der Waals surface area contributed by atoms with Crippen LogP contribution in [0, 0.1) is 0 Å². The van der Waals surface area contributed by atoms with E-state index in [1.54, 1.807) is 48.4 Å². The van der Waals surface area contributed by atoms with Crippen molar-refractivity contribution in [3.63, 3.8) is 0 Å². The van der Waals surface area contributed by atoms with E-state index in [2.05, 4.69) is 15.4 Å². The van der Waals surface area contributed by atoms with E-state index in [1.165, 1.54) is 0 Å². The zero-order chi connectivity index (χ0) is 12.3. The Balaban J connectivity index is 2.32. The predicted octanol–water partition coefficient (Wildman–Crippen LogP) is 1.83. The molecule has 0 aromatic carbocycles. The van der Waals surface area contributed by atoms with Crippen LogP contribution in [0.5, 0.6) is 0 Å². The summed E-state index contributed by atoms with van der Waals surface area (Å²) in [5.74, 6) is 0.288. The van der Waals surface area contributed by atoms with Gasteiger partial charge in [0, 0.05) is 18.6 Å². The Labute approximate surface area is 103 Å². The zero-order valence-electron chi connectivity index (χ0n) is 9.17. The van der Waals surface area contributed by atoms with E-state index in [-0.39, 0.29) is 5.91 Å². The fourth-order valence-corrected chi connectivity index (χ4v) is 1.36. The molecule has 0 aliphatic heterocycles. The number of anilines is 1. The van der Waals surface area contributed by atoms with Gasteiger partial charge in [-0.25, -0.2) is 9.67 Å². The third kappa shape index (κ3) is 2.62. The molecule has 1 amide bonds. The average Bonchev–Trinajstić information content (AvgIpc) is 2.83. The van der Waals surface area contributed by atoms with Gasteiger partial charge in [0.25, 0.3) is 0 Å². The molecule has 2 aromatic rings. The highest BCUT2D eigenvalue weighted by Crippen LogP contribution is 2.16. The Morgan fingerprint density at radius 1 is 1.47 bits per heavy atom. The number of nitrogens with one attached hydrogen (secondary N) is 1. The standard InChI is InChI=1S/C11H11ClN4O/c1-8(12)11(17)15-9-4-2-5-13-10(9)16-7-3-6-14-16/h2-8H,1H3,(H,15,17). The Kier molecular flexibility index (Phi) is 3.39. The van der Waals surface area contributed by atoms with E-state index in [4.69, 9.17) is 11.6 Å². The molecule has 1 N–H and O–H groups in total. The summed E-state index contributed by atoms with van der Waals surface area (Å²) in [6.07, 6.45) is 5.03. The largest absolute Gasteiger partial charge is 0.322 e. The molecule has 88 valence electrons. The van der Waals surface area contributed by atoms with Crippen LogP contribution < -0.4 is 5.32 Å². The van der Waals surface area contributed by atoms with Crippen molar-refractivity contribution >= 4 is 23.2 Å². The number of nitrogens with zero attached hydrogens (tertiary/aromatic N) is 3. The minimum absolute atomic E-state index is 0.270. The van der Waals surface area contributed by atoms with Gasteiger partial charge < -0.3 is 5.32 Å². The van der Waals surface area contributed by atoms with Crippen LogP contribution >= 0.6 is 11.6 Å². The molecule has 2 rings (SSSR count). The van der Waals surface area contributed by atoms with Gasteiger partial charge >= 0.3 is 0 Å². The molecule has 0 spiro atoms. The molecule has 0 aliphatic carbocycles. The molecular formula is C11H11ClN4O. The first kappa shape index (κ1) is 11.6. The lowest BCUT2D eigenvalue weighted by molar-refractivity contribution is -0.115. The van der Waals surface area contributed by atoms with Crippen molar-refractivity contribution in [1.82, 2.24) is 14.8 Å². The van der Waals surface area contributed by atoms with Crippen LogP contribution in [-0.2, 0) is 4.79 Å². The summed E-state index contributed by atoms with van der Waals surface area (Å²) < 4.78 is 1.58. The van der Waals surface area contributed by atoms with Crippen molar-refractivity contribution in [1.29, 1.82) is 0 Å². The van der Waals surface area contributed by atoms with Crippen LogP contribution in [0.4, 0.5) is 5.69 Å². The SMILES string of the molecule is CC(Cl)C(=O)Nc1cccnc1-n1cccn1. The summed E-state index contributed by atoms with van der Waals surface area (Å²) in [4.78, 5) is 15.7. The van der Waals surface area contributed by atoms with Gasteiger partial charge in [0.05, 0.1) is 5.69 Å². The molecule has 2 aromatic heterocycles. The minimum Gasteiger partial charge on any atom is -0.322 e. The summed E-state index contributed by atoms with van der Waals surface area (Å²) in [7, 11) is 0. The summed E-state index contributed by atoms with van der Waals surface area (Å²) in [6, 6.07) is 5.27. The smallest absolute Gasteiger partial charge is 0.242 e. The zero-order valence-corrected chi connectivity index (χ0v) is 9.93. The van der Waals surface area contributed by atoms with Gasteiger partial charge in [0.1, 0.15) is 5.38 Å². The Morgan fingerprint density at radius 2 is 2.29 bits per heavy atom. The first-order valence-electron chi connectivity index (χ1n) is 5.08. The van der Waals surface area contributed by atoms with Crippen LogP contribution in [0.15, 0.2) is 36.8 Å². The molecule has 0 aliphatic rings. The first-order valence-corrected chi connectivity index (χ1v) is 5.52. The number of rotatable bonds is 3. The maximum atomic E-state index is 11.5. The maximum absolute atomic E-state index is 11.5. The van der Waals surface area contributed by atoms with E-state index < -0.39 is 5.38 Å². The Bertz CT molecular complexity index is 510. The first-order chi connectivity index (χ1) is 8.18. The highest BCUT2D eigenvalue weighted by Gasteiger charge is 2.13. The number of alkyl halides is 1. The van der Waals surface area contributed by atoms with Crippen molar-refractivity contribution in [3.05, 3.63) is 36.8 Å². The van der Waals surface area contributed by atoms with Gasteiger partial charge in [0.15, 0.2) is 5.82 Å². The normalized spacial score (nSPS) is 12.1. The second kappa shape index (κ2) is 4.97. The van der Waals surface area contributed by atoms with Crippen molar-refractivity contribution in [2.45, 2.75) is 12.3 Å². The maximum Gasteiger partial charge on any atom is 0.242 e. The molecular weight excluding hydrogens is 240 g/mol. The molecule has 2 heterocycles. The van der Waals surface area contributed by atoms with Gasteiger partial charge in [0.2, 0.25) is 5.91 Å². The van der Waals surface area contributed by atoms with Crippen molar-refractivity contribution in [2.75, 3.05) is 5.32 Å². The highest BCUT2D eigenvalue weighted by molar-refractivity contribution is 6.32. The van der Waals surface area contributed by atoms with Crippen LogP contribution in [0.1, 0.15) is 6.92 Å². The van der Waals surface area contributed by atoms with Gasteiger partial charge in [-0.05, 0) is 25.1 Å². The fourth-order valence-electron chi connectivity index (χ4n) is 1.30. The molecule has 1 atom stereocenters. The van der Waals surface area contributed by atoms with Gasteiger partial charge in [-0.2, -0.15) is 5.10 Å². The lowest BCUT2D eigenvalue weighted by atomic mass is 10.3. The number of amides is 1. The van der Waals surface area contributed by atoms with Crippen molar-refractivity contribution in [2.24, 2.45) is 0 Å². The van der Waals surface area contributed by atoms with Crippen LogP contribution in [0.3, 0.4) is 0 Å². The monoisotopic (exact) mass is 250 g/mol. The van der Waals surface area contributed by atoms with E-state index >= 15 is 0 Å². The number of hydrogen-bond donors (Lipinski definition) is 1. The van der Waals surface area contributed by atoms with Crippen LogP contribution in [0.2, 0.25) is 0 Å². The van der Waals surface area contributed by atoms with Gasteiger partial charge in [-0.15, -0.1) is 11.6 Å². The lowest BCUT2D eigenvalue weighted by Gasteiger charge is -2.10. The van der Waals surface area contributed by atoms with Crippen molar-refractivity contribution in [3.8, 4) is 5.82 Å². The van der Waals surface area contributed by atoms with Gasteiger partial charge in [-0.3, -0.25) is 4.79 Å². The fraction of sp³-hybridized carbons (Fsp3) is 0.182. The summed E-state index contributed by atoms with van der Waals surface area (Å²) >= 11 is 5.70. The molecule has 0 fully saturated rings. The number of pyridine rings is 1. The molecule has 17 heavy (non-hydrogen) atoms. The van der Waals surface area contributed by atoms with E-state index in [0.29, 0.717) is 11.5 Å². The van der Waals surface area contributed by atoms with Crippen molar-refractivity contribution < 1.29 is 4.79 Å². The predicted molar refractivity (Wildman–Crippen MR) is 65.3 cm³/mol. The van der Waals surface area contributed by atoms with Gasteiger partial charge in [-0.1, -0.05) is 0 Å². The number of carbonyl (C=O) groups excluding carboxylic acids is 1. The third-order valence-electron chi connectivity index (χ3n) is 2.13. The quantitative estimate of drug-likeness (QED) is 0.846. The summed E-state index contributed by atoms with van der Waals surface area (Å²) in [5, 5.41) is 6.18. The molecule has 1 unspecified atom stereocenters. The third-order valence-corrected chi connectivity index (χ3v) is 2.33. The van der Waals surface area contributed by atoms with E-state index in [1.807, 2.05) is 0 Å². The number of halogens is 1. The van der Waals surface area contributed by atoms with Crippen LogP contribution in [-0.4, -0.2) is 26.0 Å². The number of hydrogen-bond acceptors (Lipinski definition) is 3. The Hall–Kier alpha value is -1.88. The molecule has 0 radical (unpaired) electrons. The molecule has 0 saturated heterocycles. The number of carbonyl (C=O) groups is 1. The van der Waals surface area contributed by atoms with E-state index in [0.717, 1.165) is 0 Å². The Morgan fingerprint density at radius 3 is 2.94 bits per heavy atom.